The molecule has 0 aromatic heterocycles. The van der Waals surface area contributed by atoms with Gasteiger partial charge in [0.15, 0.2) is 0 Å². The molecule has 0 aliphatic carbocycles. The number of nitrogens with zero attached hydrogens (tertiary/aromatic N) is 2. The summed E-state index contributed by atoms with van der Waals surface area (Å²) < 4.78 is 34.2. The van der Waals surface area contributed by atoms with Gasteiger partial charge in [0.1, 0.15) is 18.3 Å². The highest BCUT2D eigenvalue weighted by Gasteiger charge is 2.34. The highest BCUT2D eigenvalue weighted by Crippen LogP contribution is 2.26. The molecule has 3 aromatic carbocycles. The Bertz CT molecular complexity index is 1430. The Morgan fingerprint density at radius 1 is 0.878 bits per heavy atom. The first-order valence-corrected chi connectivity index (χ1v) is 15.1. The van der Waals surface area contributed by atoms with Crippen molar-refractivity contribution >= 4 is 27.5 Å². The number of benzene rings is 3. The minimum absolute atomic E-state index is 0.0225. The summed E-state index contributed by atoms with van der Waals surface area (Å²) in [6, 6.07) is 19.9. The molecule has 2 amide bonds. The molecule has 0 unspecified atom stereocenters. The van der Waals surface area contributed by atoms with Gasteiger partial charge >= 0.3 is 0 Å². The summed E-state index contributed by atoms with van der Waals surface area (Å²) in [6.45, 7) is 11.0. The van der Waals surface area contributed by atoms with E-state index in [4.69, 9.17) is 4.74 Å². The van der Waals surface area contributed by atoms with Gasteiger partial charge in [-0.15, -0.1) is 0 Å². The number of amides is 2. The second-order valence-electron chi connectivity index (χ2n) is 11.2. The number of carbonyl (C=O) groups excluding carboxylic acids is 2. The topological polar surface area (TPSA) is 96.0 Å². The van der Waals surface area contributed by atoms with Crippen LogP contribution >= 0.6 is 0 Å². The number of hydrogen-bond donors (Lipinski definition) is 1. The third-order valence-corrected chi connectivity index (χ3v) is 8.39. The molecule has 0 fully saturated rings. The number of sulfonamides is 1. The SMILES string of the molecule is CC[C@H](C(=O)NC(C)(C)C)N(Cc1ccc(C)cc1)C(=O)CN(c1ccc(C)cc1)S(=O)(=O)c1ccc(OC)cc1. The molecule has 9 heteroatoms. The minimum Gasteiger partial charge on any atom is -0.497 e. The Morgan fingerprint density at radius 2 is 1.41 bits per heavy atom. The van der Waals surface area contributed by atoms with Crippen molar-refractivity contribution < 1.29 is 22.7 Å². The fourth-order valence-electron chi connectivity index (χ4n) is 4.38. The molecule has 3 aromatic rings. The highest BCUT2D eigenvalue weighted by molar-refractivity contribution is 7.92. The molecule has 8 nitrogen and oxygen atoms in total. The first kappa shape index (κ1) is 31.7. The van der Waals surface area contributed by atoms with Gasteiger partial charge in [-0.1, -0.05) is 54.4 Å². The van der Waals surface area contributed by atoms with Crippen LogP contribution in [0, 0.1) is 13.8 Å². The van der Waals surface area contributed by atoms with Gasteiger partial charge in [-0.05, 0) is 83.0 Å². The van der Waals surface area contributed by atoms with Crippen LogP contribution in [0.1, 0.15) is 50.8 Å². The number of carbonyl (C=O) groups is 2. The van der Waals surface area contributed by atoms with Gasteiger partial charge in [-0.2, -0.15) is 0 Å². The maximum atomic E-state index is 14.1. The smallest absolute Gasteiger partial charge is 0.264 e. The predicted octanol–water partition coefficient (Wildman–Crippen LogP) is 5.23. The lowest BCUT2D eigenvalue weighted by Gasteiger charge is -2.34. The highest BCUT2D eigenvalue weighted by atomic mass is 32.2. The number of rotatable bonds is 11. The summed E-state index contributed by atoms with van der Waals surface area (Å²) in [5.74, 6) is -0.263. The Balaban J connectivity index is 2.06. The Morgan fingerprint density at radius 3 is 1.90 bits per heavy atom. The van der Waals surface area contributed by atoms with Crippen molar-refractivity contribution in [2.45, 2.75) is 71.0 Å². The lowest BCUT2D eigenvalue weighted by Crippen LogP contribution is -2.55. The summed E-state index contributed by atoms with van der Waals surface area (Å²) in [4.78, 5) is 29.0. The van der Waals surface area contributed by atoms with Crippen LogP contribution in [0.5, 0.6) is 5.75 Å². The average Bonchev–Trinajstić information content (AvgIpc) is 2.92. The van der Waals surface area contributed by atoms with Crippen molar-refractivity contribution in [3.05, 3.63) is 89.5 Å². The summed E-state index contributed by atoms with van der Waals surface area (Å²) >= 11 is 0. The fourth-order valence-corrected chi connectivity index (χ4v) is 5.79. The number of methoxy groups -OCH3 is 1. The van der Waals surface area contributed by atoms with Crippen molar-refractivity contribution in [2.75, 3.05) is 18.0 Å². The number of aryl methyl sites for hydroxylation is 2. The van der Waals surface area contributed by atoms with E-state index in [1.807, 2.05) is 65.8 Å². The normalized spacial score (nSPS) is 12.4. The lowest BCUT2D eigenvalue weighted by molar-refractivity contribution is -0.141. The van der Waals surface area contributed by atoms with Gasteiger partial charge in [0, 0.05) is 12.1 Å². The summed E-state index contributed by atoms with van der Waals surface area (Å²) in [7, 11) is -2.65. The maximum Gasteiger partial charge on any atom is 0.264 e. The molecule has 220 valence electrons. The van der Waals surface area contributed by atoms with Crippen molar-refractivity contribution in [1.82, 2.24) is 10.2 Å². The van der Waals surface area contributed by atoms with E-state index in [1.54, 1.807) is 36.4 Å². The minimum atomic E-state index is -4.15. The third-order valence-electron chi connectivity index (χ3n) is 6.61. The number of nitrogens with one attached hydrogen (secondary N) is 1. The zero-order valence-corrected chi connectivity index (χ0v) is 25.8. The zero-order valence-electron chi connectivity index (χ0n) is 25.0. The van der Waals surface area contributed by atoms with E-state index in [-0.39, 0.29) is 17.3 Å². The second kappa shape index (κ2) is 13.2. The largest absolute Gasteiger partial charge is 0.497 e. The molecule has 0 spiro atoms. The molecule has 1 atom stereocenters. The van der Waals surface area contributed by atoms with Gasteiger partial charge < -0.3 is 15.0 Å². The first-order valence-electron chi connectivity index (χ1n) is 13.7. The summed E-state index contributed by atoms with van der Waals surface area (Å²) in [5.41, 5.74) is 2.70. The van der Waals surface area contributed by atoms with Crippen molar-refractivity contribution in [3.63, 3.8) is 0 Å². The fraction of sp³-hybridized carbons (Fsp3) is 0.375. The van der Waals surface area contributed by atoms with Crippen LogP contribution in [0.3, 0.4) is 0 Å². The molecule has 0 aliphatic heterocycles. The molecule has 0 saturated heterocycles. The van der Waals surface area contributed by atoms with Crippen LogP contribution < -0.4 is 14.4 Å². The van der Waals surface area contributed by atoms with E-state index in [0.717, 1.165) is 21.0 Å². The van der Waals surface area contributed by atoms with Crippen LogP contribution in [0.4, 0.5) is 5.69 Å². The summed E-state index contributed by atoms with van der Waals surface area (Å²) in [5, 5.41) is 2.98. The van der Waals surface area contributed by atoms with Gasteiger partial charge in [0.2, 0.25) is 11.8 Å². The molecule has 0 saturated carbocycles. The van der Waals surface area contributed by atoms with Gasteiger partial charge in [-0.25, -0.2) is 8.42 Å². The Labute approximate surface area is 244 Å². The Hall–Kier alpha value is -3.85. The van der Waals surface area contributed by atoms with Crippen LogP contribution in [0.2, 0.25) is 0 Å². The van der Waals surface area contributed by atoms with E-state index < -0.39 is 34.1 Å². The van der Waals surface area contributed by atoms with E-state index in [2.05, 4.69) is 5.32 Å². The van der Waals surface area contributed by atoms with Crippen molar-refractivity contribution in [1.29, 1.82) is 0 Å². The zero-order chi connectivity index (χ0) is 30.4. The van der Waals surface area contributed by atoms with Crippen molar-refractivity contribution in [2.24, 2.45) is 0 Å². The molecule has 3 rings (SSSR count). The van der Waals surface area contributed by atoms with E-state index in [1.165, 1.54) is 24.1 Å². The molecule has 1 N–H and O–H groups in total. The molecular weight excluding hydrogens is 538 g/mol. The second-order valence-corrected chi connectivity index (χ2v) is 13.1. The van der Waals surface area contributed by atoms with Crippen molar-refractivity contribution in [3.8, 4) is 5.75 Å². The molecule has 0 heterocycles. The molecule has 0 aliphatic rings. The maximum absolute atomic E-state index is 14.1. The lowest BCUT2D eigenvalue weighted by atomic mass is 10.1. The molecule has 41 heavy (non-hydrogen) atoms. The van der Waals surface area contributed by atoms with E-state index in [9.17, 15) is 18.0 Å². The molecule has 0 bridgehead atoms. The first-order chi connectivity index (χ1) is 19.2. The van der Waals surface area contributed by atoms with Crippen LogP contribution in [-0.2, 0) is 26.2 Å². The average molecular weight is 580 g/mol. The molecular formula is C32H41N3O5S. The number of anilines is 1. The van der Waals surface area contributed by atoms with Gasteiger partial charge in [-0.3, -0.25) is 13.9 Å². The van der Waals surface area contributed by atoms with Crippen LogP contribution in [0.15, 0.2) is 77.7 Å². The Kier molecular flexibility index (Phi) is 10.2. The number of hydrogen-bond acceptors (Lipinski definition) is 5. The standard InChI is InChI=1S/C32H41N3O5S/c1-8-29(31(37)33-32(4,5)6)34(21-25-13-9-23(2)10-14-25)30(36)22-35(26-15-11-24(3)12-16-26)41(38,39)28-19-17-27(40-7)18-20-28/h9-20,29H,8,21-22H2,1-7H3,(H,33,37)/t29-/m1/s1. The monoisotopic (exact) mass is 579 g/mol. The van der Waals surface area contributed by atoms with Gasteiger partial charge in [0.05, 0.1) is 17.7 Å². The quantitative estimate of drug-likeness (QED) is 0.336. The van der Waals surface area contributed by atoms with Crippen LogP contribution in [-0.4, -0.2) is 50.4 Å². The summed E-state index contributed by atoms with van der Waals surface area (Å²) in [6.07, 6.45) is 0.356. The third kappa shape index (κ3) is 8.33. The van der Waals surface area contributed by atoms with E-state index in [0.29, 0.717) is 17.9 Å². The number of ether oxygens (including phenoxy) is 1. The van der Waals surface area contributed by atoms with E-state index >= 15 is 0 Å². The predicted molar refractivity (Wildman–Crippen MR) is 162 cm³/mol. The molecule has 0 radical (unpaired) electrons. The van der Waals surface area contributed by atoms with Gasteiger partial charge in [0.25, 0.3) is 10.0 Å². The van der Waals surface area contributed by atoms with Crippen LogP contribution in [0.25, 0.3) is 0 Å².